The van der Waals surface area contributed by atoms with Crippen LogP contribution in [0.4, 0.5) is 19.7 Å². The molecule has 0 bridgehead atoms. The summed E-state index contributed by atoms with van der Waals surface area (Å²) in [5.41, 5.74) is 4.13. The number of nitrogens with zero attached hydrogens (tertiary/aromatic N) is 5. The standard InChI is InChI=1S/C19H19FN6O10P2/c1-22-25-24-16(21)15-5-2-10(7-23-15)13-4-3-11(6-14(13)20)26-8-12(35-17(26)27)9-34-18(28)36-19(37(29)30)38(31,32)33/h2-7,12,19H,8-9H2,1H3,(H4-,21,22,24,29,30,31,32,33)/p+1/t12-,19?/m1/s1. The summed E-state index contributed by atoms with van der Waals surface area (Å²) < 4.78 is 50.9. The van der Waals surface area contributed by atoms with Gasteiger partial charge < -0.3 is 29.7 Å². The molecule has 0 saturated carbocycles. The predicted molar refractivity (Wildman–Crippen MR) is 127 cm³/mol. The molecule has 3 atom stereocenters. The number of hydrogen-bond acceptors (Lipinski definition) is 10. The van der Waals surface area contributed by atoms with Crippen LogP contribution < -0.4 is 10.6 Å². The highest BCUT2D eigenvalue weighted by Crippen LogP contribution is 2.52. The summed E-state index contributed by atoms with van der Waals surface area (Å²) in [6.07, 6.45) is -2.22. The highest BCUT2D eigenvalue weighted by atomic mass is 31.2. The Morgan fingerprint density at radius 1 is 1.39 bits per heavy atom. The molecule has 0 aliphatic carbocycles. The lowest BCUT2D eigenvalue weighted by molar-refractivity contribution is 0.0240. The van der Waals surface area contributed by atoms with E-state index in [0.29, 0.717) is 11.3 Å². The molecule has 5 N–H and O–H groups in total. The molecule has 1 aliphatic heterocycles. The second-order valence-corrected chi connectivity index (χ2v) is 10.5. The van der Waals surface area contributed by atoms with Gasteiger partial charge in [-0.05, 0) is 34.1 Å². The van der Waals surface area contributed by atoms with Crippen molar-refractivity contribution in [3.63, 3.8) is 0 Å². The summed E-state index contributed by atoms with van der Waals surface area (Å²) in [5.74, 6) is -0.668. The number of carbonyl (C=O) groups excluding carboxylic acids is 2. The maximum atomic E-state index is 14.9. The average Bonchev–Trinajstić information content (AvgIpc) is 3.24. The van der Waals surface area contributed by atoms with Crippen molar-refractivity contribution >= 4 is 39.4 Å². The third-order valence-electron chi connectivity index (χ3n) is 4.78. The molecule has 2 aromatic rings. The normalized spacial score (nSPS) is 17.3. The van der Waals surface area contributed by atoms with Gasteiger partial charge in [0.1, 0.15) is 18.1 Å². The van der Waals surface area contributed by atoms with Crippen molar-refractivity contribution in [2.45, 2.75) is 11.7 Å². The van der Waals surface area contributed by atoms with Crippen LogP contribution in [0, 0.1) is 5.82 Å². The number of benzene rings is 1. The predicted octanol–water partition coefficient (Wildman–Crippen LogP) is 2.26. The summed E-state index contributed by atoms with van der Waals surface area (Å²) in [5, 5.41) is 10.5. The molecule has 0 spiro atoms. The first kappa shape index (κ1) is 28.7. The summed E-state index contributed by atoms with van der Waals surface area (Å²) >= 11 is 0. The molecule has 202 valence electrons. The van der Waals surface area contributed by atoms with Crippen LogP contribution in [0.5, 0.6) is 0 Å². The molecule has 16 nitrogen and oxygen atoms in total. The molecule has 1 aromatic carbocycles. The third-order valence-corrected chi connectivity index (χ3v) is 7.44. The first-order valence-electron chi connectivity index (χ1n) is 10.3. The molecule has 3 rings (SSSR count). The minimum Gasteiger partial charge on any atom is -0.440 e. The number of amidine groups is 1. The lowest BCUT2D eigenvalue weighted by Crippen LogP contribution is -2.27. The second kappa shape index (κ2) is 12.1. The smallest absolute Gasteiger partial charge is 0.440 e. The maximum absolute atomic E-state index is 14.9. The number of cyclic esters (lactones) is 1. The number of aromatic nitrogens is 1. The van der Waals surface area contributed by atoms with Crippen LogP contribution in [0.15, 0.2) is 52.0 Å². The van der Waals surface area contributed by atoms with Gasteiger partial charge in [0, 0.05) is 17.3 Å². The second-order valence-electron chi connectivity index (χ2n) is 7.38. The van der Waals surface area contributed by atoms with Crippen molar-refractivity contribution < 1.29 is 52.0 Å². The van der Waals surface area contributed by atoms with E-state index in [9.17, 15) is 23.1 Å². The number of ether oxygens (including phenoxy) is 3. The van der Waals surface area contributed by atoms with Crippen molar-refractivity contribution in [2.75, 3.05) is 25.1 Å². The fourth-order valence-electron chi connectivity index (χ4n) is 3.10. The molecule has 38 heavy (non-hydrogen) atoms. The SMILES string of the molecule is CN=NN=C(N)c1ccc(-c2ccc(N3C[C@H](COC(=O)OC([P+](=O)O)P(=O)(O)O)OC3=O)cc2F)cn1. The average molecular weight is 573 g/mol. The first-order chi connectivity index (χ1) is 17.9. The molecule has 19 heteroatoms. The number of carbonyl (C=O) groups is 2. The molecule has 2 unspecified atom stereocenters. The van der Waals surface area contributed by atoms with Gasteiger partial charge in [0.25, 0.3) is 0 Å². The van der Waals surface area contributed by atoms with Crippen LogP contribution in [0.25, 0.3) is 11.1 Å². The third kappa shape index (κ3) is 7.12. The monoisotopic (exact) mass is 573 g/mol. The van der Waals surface area contributed by atoms with E-state index < -0.39 is 52.0 Å². The summed E-state index contributed by atoms with van der Waals surface area (Å²) in [6.45, 7) is -0.785. The highest BCUT2D eigenvalue weighted by molar-refractivity contribution is 7.65. The Hall–Kier alpha value is -3.88. The topological polar surface area (TPSA) is 236 Å². The lowest BCUT2D eigenvalue weighted by atomic mass is 10.1. The van der Waals surface area contributed by atoms with E-state index in [1.165, 1.54) is 31.4 Å². The molecule has 1 aromatic heterocycles. The zero-order valence-corrected chi connectivity index (χ0v) is 21.1. The summed E-state index contributed by atoms with van der Waals surface area (Å²) in [7, 11) is -7.39. The Morgan fingerprint density at radius 3 is 2.71 bits per heavy atom. The fraction of sp³-hybridized carbons (Fsp3) is 0.263. The largest absolute Gasteiger partial charge is 0.564 e. The first-order valence-corrected chi connectivity index (χ1v) is 13.3. The van der Waals surface area contributed by atoms with Crippen molar-refractivity contribution in [3.8, 4) is 11.1 Å². The molecule has 1 saturated heterocycles. The van der Waals surface area contributed by atoms with Gasteiger partial charge in [0.15, 0.2) is 11.9 Å². The molecule has 1 aliphatic rings. The van der Waals surface area contributed by atoms with Crippen LogP contribution in [0.1, 0.15) is 5.69 Å². The van der Waals surface area contributed by atoms with E-state index in [-0.39, 0.29) is 23.6 Å². The number of hydrogen-bond donors (Lipinski definition) is 4. The van der Waals surface area contributed by atoms with E-state index >= 15 is 0 Å². The van der Waals surface area contributed by atoms with Crippen LogP contribution in [0.2, 0.25) is 0 Å². The number of rotatable bonds is 9. The Bertz CT molecular complexity index is 1340. The van der Waals surface area contributed by atoms with E-state index in [1.807, 2.05) is 0 Å². The Morgan fingerprint density at radius 2 is 2.13 bits per heavy atom. The molecule has 0 radical (unpaired) electrons. The van der Waals surface area contributed by atoms with Crippen molar-refractivity contribution in [2.24, 2.45) is 21.2 Å². The fourth-order valence-corrected chi connectivity index (χ4v) is 4.53. The summed E-state index contributed by atoms with van der Waals surface area (Å²) in [6, 6.07) is 7.03. The van der Waals surface area contributed by atoms with Gasteiger partial charge in [-0.1, -0.05) is 6.07 Å². The van der Waals surface area contributed by atoms with Crippen molar-refractivity contribution in [1.29, 1.82) is 0 Å². The quantitative estimate of drug-likeness (QED) is 0.0844. The number of amides is 1. The minimum absolute atomic E-state index is 0.0165. The van der Waals surface area contributed by atoms with Gasteiger partial charge in [0.05, 0.1) is 19.3 Å². The van der Waals surface area contributed by atoms with Gasteiger partial charge >= 0.3 is 33.5 Å². The molecule has 1 fully saturated rings. The number of halogens is 1. The molecule has 2 heterocycles. The zero-order valence-electron chi connectivity index (χ0n) is 19.3. The van der Waals surface area contributed by atoms with E-state index in [0.717, 1.165) is 11.0 Å². The molecular formula is C19H20FN6O10P2+. The van der Waals surface area contributed by atoms with Gasteiger partial charge in [-0.2, -0.15) is 10.0 Å². The van der Waals surface area contributed by atoms with E-state index in [4.69, 9.17) is 25.2 Å². The number of anilines is 1. The lowest BCUT2D eigenvalue weighted by Gasteiger charge is -2.14. The Balaban J connectivity index is 1.64. The Labute approximate surface area is 214 Å². The van der Waals surface area contributed by atoms with Gasteiger partial charge in [-0.25, -0.2) is 14.0 Å². The van der Waals surface area contributed by atoms with Crippen LogP contribution in [0.3, 0.4) is 0 Å². The van der Waals surface area contributed by atoms with Crippen LogP contribution in [-0.4, -0.2) is 69.6 Å². The van der Waals surface area contributed by atoms with Crippen LogP contribution in [-0.2, 0) is 23.3 Å². The highest BCUT2D eigenvalue weighted by Gasteiger charge is 2.50. The van der Waals surface area contributed by atoms with Gasteiger partial charge in [-0.3, -0.25) is 14.4 Å². The molecular weight excluding hydrogens is 553 g/mol. The number of nitrogens with two attached hydrogens (primary N) is 1. The summed E-state index contributed by atoms with van der Waals surface area (Å²) in [4.78, 5) is 55.9. The Kier molecular flexibility index (Phi) is 9.14. The number of pyridine rings is 1. The molecule has 1 amide bonds. The zero-order chi connectivity index (χ0) is 28.0. The minimum atomic E-state index is -5.24. The van der Waals surface area contributed by atoms with E-state index in [2.05, 4.69) is 29.9 Å². The van der Waals surface area contributed by atoms with Crippen molar-refractivity contribution in [1.82, 2.24) is 4.98 Å². The van der Waals surface area contributed by atoms with Crippen molar-refractivity contribution in [3.05, 3.63) is 48.0 Å². The van der Waals surface area contributed by atoms with E-state index in [1.54, 1.807) is 6.07 Å². The van der Waals surface area contributed by atoms with Crippen LogP contribution >= 0.6 is 15.6 Å². The van der Waals surface area contributed by atoms with Gasteiger partial charge in [-0.15, -0.1) is 5.10 Å². The maximum Gasteiger partial charge on any atom is 0.564 e. The van der Waals surface area contributed by atoms with Gasteiger partial charge in [0.2, 0.25) is 0 Å².